The van der Waals surface area contributed by atoms with Gasteiger partial charge >= 0.3 is 5.97 Å². The maximum atomic E-state index is 13.3. The van der Waals surface area contributed by atoms with E-state index in [4.69, 9.17) is 9.47 Å². The van der Waals surface area contributed by atoms with Crippen LogP contribution in [0.2, 0.25) is 0 Å². The molecule has 0 saturated heterocycles. The van der Waals surface area contributed by atoms with E-state index < -0.39 is 17.7 Å². The lowest BCUT2D eigenvalue weighted by atomic mass is 9.91. The molecule has 1 aliphatic carbocycles. The molecule has 5 N–H and O–H groups in total. The van der Waals surface area contributed by atoms with Crippen molar-refractivity contribution in [1.29, 1.82) is 0 Å². The molecule has 5 aromatic rings. The average molecular weight is 718 g/mol. The van der Waals surface area contributed by atoms with Gasteiger partial charge in [0, 0.05) is 30.6 Å². The lowest BCUT2D eigenvalue weighted by molar-refractivity contribution is -0.169. The van der Waals surface area contributed by atoms with Gasteiger partial charge in [-0.1, -0.05) is 30.3 Å². The second kappa shape index (κ2) is 16.3. The van der Waals surface area contributed by atoms with Crippen LogP contribution < -0.4 is 15.6 Å². The highest BCUT2D eigenvalue weighted by Gasteiger charge is 2.45. The smallest absolute Gasteiger partial charge is 0.349 e. The molecule has 0 unspecified atom stereocenters. The Labute approximate surface area is 298 Å². The molecular formula is C38H43N3O7S2. The second-order valence-corrected chi connectivity index (χ2v) is 14.6. The SMILES string of the molecule is CN(CCOc1ccc(CCNC[C@H](O)c2ccc(O)c3[nH]c(=O)ccc23)cc1)[C@H]1CC[C@H](OC(=O)C(O)(c2cccs2)c2cccs2)CC1. The van der Waals surface area contributed by atoms with E-state index in [1.54, 1.807) is 24.3 Å². The molecule has 6 rings (SSSR count). The van der Waals surface area contributed by atoms with Gasteiger partial charge in [0.1, 0.15) is 24.2 Å². The number of rotatable bonds is 15. The number of aromatic amines is 1. The number of phenolic OH excluding ortho intramolecular Hbond substituents is 1. The van der Waals surface area contributed by atoms with Crippen LogP contribution in [0.3, 0.4) is 0 Å². The maximum Gasteiger partial charge on any atom is 0.349 e. The van der Waals surface area contributed by atoms with Crippen LogP contribution in [0.1, 0.15) is 52.7 Å². The van der Waals surface area contributed by atoms with Crippen molar-refractivity contribution in [3.63, 3.8) is 0 Å². The summed E-state index contributed by atoms with van der Waals surface area (Å²) in [4.78, 5) is 31.1. The number of nitrogens with one attached hydrogen (secondary N) is 2. The van der Waals surface area contributed by atoms with Gasteiger partial charge in [-0.2, -0.15) is 0 Å². The number of aromatic hydroxyl groups is 1. The van der Waals surface area contributed by atoms with Crippen molar-refractivity contribution in [1.82, 2.24) is 15.2 Å². The van der Waals surface area contributed by atoms with Crippen LogP contribution in [-0.4, -0.2) is 76.6 Å². The number of hydrogen-bond donors (Lipinski definition) is 5. The summed E-state index contributed by atoms with van der Waals surface area (Å²) in [5.74, 6) is 0.173. The van der Waals surface area contributed by atoms with Gasteiger partial charge in [0.2, 0.25) is 11.2 Å². The number of fused-ring (bicyclic) bond motifs is 1. The first-order valence-electron chi connectivity index (χ1n) is 16.9. The number of phenols is 1. The number of benzene rings is 2. The predicted molar refractivity (Wildman–Crippen MR) is 196 cm³/mol. The van der Waals surface area contributed by atoms with Crippen molar-refractivity contribution in [3.05, 3.63) is 115 Å². The molecule has 0 bridgehead atoms. The van der Waals surface area contributed by atoms with Crippen LogP contribution in [0.15, 0.2) is 88.4 Å². The lowest BCUT2D eigenvalue weighted by Crippen LogP contribution is -2.42. The highest BCUT2D eigenvalue weighted by Crippen LogP contribution is 2.38. The molecule has 1 aliphatic rings. The molecule has 10 nitrogen and oxygen atoms in total. The number of hydrogen-bond acceptors (Lipinski definition) is 11. The first kappa shape index (κ1) is 35.8. The number of aliphatic hydroxyl groups is 2. The van der Waals surface area contributed by atoms with E-state index in [1.165, 1.54) is 34.8 Å². The van der Waals surface area contributed by atoms with Gasteiger partial charge in [-0.05, 0) is 104 Å². The third-order valence-corrected chi connectivity index (χ3v) is 11.4. The van der Waals surface area contributed by atoms with E-state index in [9.17, 15) is 24.9 Å². The normalized spacial score (nSPS) is 17.2. The van der Waals surface area contributed by atoms with E-state index in [0.29, 0.717) is 52.0 Å². The Morgan fingerprint density at radius 2 is 1.70 bits per heavy atom. The summed E-state index contributed by atoms with van der Waals surface area (Å²) in [6.07, 6.45) is 3.05. The Balaban J connectivity index is 0.888. The Bertz CT molecular complexity index is 1850. The van der Waals surface area contributed by atoms with E-state index in [1.807, 2.05) is 47.2 Å². The zero-order valence-electron chi connectivity index (χ0n) is 27.9. The Morgan fingerprint density at radius 3 is 2.36 bits per heavy atom. The minimum absolute atomic E-state index is 0.0312. The van der Waals surface area contributed by atoms with Gasteiger partial charge in [0.25, 0.3) is 0 Å². The van der Waals surface area contributed by atoms with Crippen LogP contribution in [0.4, 0.5) is 0 Å². The Hall–Kier alpha value is -4.04. The molecule has 0 amide bonds. The van der Waals surface area contributed by atoms with Crippen molar-refractivity contribution in [3.8, 4) is 11.5 Å². The molecule has 1 fully saturated rings. The lowest BCUT2D eigenvalue weighted by Gasteiger charge is -2.35. The Kier molecular flexibility index (Phi) is 11.7. The predicted octanol–water partition coefficient (Wildman–Crippen LogP) is 5.32. The summed E-state index contributed by atoms with van der Waals surface area (Å²) in [5.41, 5.74) is 0.0131. The van der Waals surface area contributed by atoms with Crippen LogP contribution >= 0.6 is 22.7 Å². The fourth-order valence-corrected chi connectivity index (χ4v) is 8.22. The van der Waals surface area contributed by atoms with E-state index in [-0.39, 0.29) is 17.4 Å². The summed E-state index contributed by atoms with van der Waals surface area (Å²) in [6, 6.07) is 21.8. The zero-order chi connectivity index (χ0) is 35.1. The largest absolute Gasteiger partial charge is 0.506 e. The first-order valence-corrected chi connectivity index (χ1v) is 18.7. The highest BCUT2D eigenvalue weighted by molar-refractivity contribution is 7.12. The molecule has 3 heterocycles. The number of carbonyl (C=O) groups is 1. The van der Waals surface area contributed by atoms with Crippen LogP contribution in [0.5, 0.6) is 11.5 Å². The second-order valence-electron chi connectivity index (χ2n) is 12.7. The summed E-state index contributed by atoms with van der Waals surface area (Å²) >= 11 is 2.70. The maximum absolute atomic E-state index is 13.3. The topological polar surface area (TPSA) is 144 Å². The van der Waals surface area contributed by atoms with Crippen molar-refractivity contribution in [2.24, 2.45) is 0 Å². The molecule has 12 heteroatoms. The number of thiophene rings is 2. The minimum Gasteiger partial charge on any atom is -0.506 e. The molecule has 0 radical (unpaired) electrons. The van der Waals surface area contributed by atoms with E-state index >= 15 is 0 Å². The number of aromatic nitrogens is 1. The number of H-pyrrole nitrogens is 1. The van der Waals surface area contributed by atoms with Crippen molar-refractivity contribution >= 4 is 39.5 Å². The third-order valence-electron chi connectivity index (χ3n) is 9.42. The summed E-state index contributed by atoms with van der Waals surface area (Å²) in [5, 5.41) is 40.0. The summed E-state index contributed by atoms with van der Waals surface area (Å²) < 4.78 is 11.9. The molecular weight excluding hydrogens is 675 g/mol. The van der Waals surface area contributed by atoms with Gasteiger partial charge in [-0.15, -0.1) is 22.7 Å². The molecule has 1 saturated carbocycles. The number of nitrogens with zero attached hydrogens (tertiary/aromatic N) is 1. The molecule has 0 spiro atoms. The number of likely N-dealkylation sites (N-methyl/N-ethyl adjacent to an activating group) is 1. The molecule has 0 aliphatic heterocycles. The Morgan fingerprint density at radius 1 is 1.00 bits per heavy atom. The van der Waals surface area contributed by atoms with Gasteiger partial charge in [0.05, 0.1) is 21.4 Å². The summed E-state index contributed by atoms with van der Waals surface area (Å²) in [6.45, 7) is 2.32. The van der Waals surface area contributed by atoms with Crippen LogP contribution in [0.25, 0.3) is 10.9 Å². The van der Waals surface area contributed by atoms with Gasteiger partial charge in [0.15, 0.2) is 0 Å². The van der Waals surface area contributed by atoms with Crippen molar-refractivity contribution in [2.45, 2.75) is 56.0 Å². The number of aliphatic hydroxyl groups excluding tert-OH is 1. The van der Waals surface area contributed by atoms with E-state index in [0.717, 1.165) is 50.0 Å². The van der Waals surface area contributed by atoms with Gasteiger partial charge < -0.3 is 40.0 Å². The zero-order valence-corrected chi connectivity index (χ0v) is 29.6. The average Bonchev–Trinajstić information content (AvgIpc) is 3.87. The van der Waals surface area contributed by atoms with Gasteiger partial charge in [-0.3, -0.25) is 4.79 Å². The highest BCUT2D eigenvalue weighted by atomic mass is 32.1. The number of esters is 1. The molecule has 2 aromatic carbocycles. The molecule has 3 aromatic heterocycles. The minimum atomic E-state index is -1.78. The number of pyridine rings is 1. The quantitative estimate of drug-likeness (QED) is 0.0718. The number of ether oxygens (including phenoxy) is 2. The van der Waals surface area contributed by atoms with Crippen LogP contribution in [-0.2, 0) is 21.6 Å². The number of carbonyl (C=O) groups excluding carboxylic acids is 1. The van der Waals surface area contributed by atoms with Crippen LogP contribution in [0, 0.1) is 0 Å². The van der Waals surface area contributed by atoms with Crippen molar-refractivity contribution in [2.75, 3.05) is 33.3 Å². The van der Waals surface area contributed by atoms with Gasteiger partial charge in [-0.25, -0.2) is 4.79 Å². The first-order chi connectivity index (χ1) is 24.2. The third kappa shape index (κ3) is 8.28. The molecule has 1 atom stereocenters. The van der Waals surface area contributed by atoms with E-state index in [2.05, 4.69) is 22.2 Å². The fourth-order valence-electron chi connectivity index (χ4n) is 6.51. The molecule has 50 heavy (non-hydrogen) atoms. The van der Waals surface area contributed by atoms with Crippen molar-refractivity contribution < 1.29 is 29.6 Å². The summed E-state index contributed by atoms with van der Waals surface area (Å²) in [7, 11) is 2.10. The standard InChI is InChI=1S/C38H43N3O7S2/c1-41(26-8-12-28(13-9-26)48-37(45)38(46,33-4-2-22-49-33)34-5-3-23-50-34)20-21-47-27-10-6-25(7-11-27)18-19-39-24-32(43)29-14-16-31(42)36-30(29)15-17-35(44)40-36/h2-7,10-11,14-17,22-23,26,28,32,39,42-43,46H,8-9,12-13,18-21,24H2,1H3,(H,40,44)/t26-,28-,32-/m0/s1. The fraction of sp³-hybridized carbons (Fsp3) is 0.368. The molecule has 264 valence electrons. The monoisotopic (exact) mass is 717 g/mol.